The third-order valence-electron chi connectivity index (χ3n) is 2.15. The highest BCUT2D eigenvalue weighted by Gasteiger charge is 2.13. The minimum absolute atomic E-state index is 0.233. The summed E-state index contributed by atoms with van der Waals surface area (Å²) in [6.07, 6.45) is 0. The van der Waals surface area contributed by atoms with Crippen LogP contribution in [0, 0.1) is 6.92 Å². The number of ether oxygens (including phenoxy) is 1. The average Bonchev–Trinajstić information content (AvgIpc) is 2.21. The SMILES string of the molecule is COc1cc(Br)cc(C)c1NC(=O)[C@@H](C)N. The van der Waals surface area contributed by atoms with Gasteiger partial charge in [-0.1, -0.05) is 15.9 Å². The van der Waals surface area contributed by atoms with Crippen molar-refractivity contribution in [3.05, 3.63) is 22.2 Å². The molecule has 0 aliphatic carbocycles. The monoisotopic (exact) mass is 286 g/mol. The van der Waals surface area contributed by atoms with Gasteiger partial charge in [0.2, 0.25) is 5.91 Å². The Kier molecular flexibility index (Phi) is 4.32. The molecule has 0 aromatic heterocycles. The van der Waals surface area contributed by atoms with Gasteiger partial charge in [0.1, 0.15) is 5.75 Å². The van der Waals surface area contributed by atoms with Crippen LogP contribution in [0.25, 0.3) is 0 Å². The van der Waals surface area contributed by atoms with Crippen molar-refractivity contribution in [3.63, 3.8) is 0 Å². The maximum Gasteiger partial charge on any atom is 0.241 e. The molecule has 1 amide bonds. The van der Waals surface area contributed by atoms with Crippen molar-refractivity contribution < 1.29 is 9.53 Å². The first-order valence-electron chi connectivity index (χ1n) is 4.86. The summed E-state index contributed by atoms with van der Waals surface area (Å²) in [6.45, 7) is 3.53. The van der Waals surface area contributed by atoms with Crippen molar-refractivity contribution in [2.45, 2.75) is 19.9 Å². The summed E-state index contributed by atoms with van der Waals surface area (Å²) in [4.78, 5) is 11.5. The molecule has 0 aliphatic rings. The number of methoxy groups -OCH3 is 1. The summed E-state index contributed by atoms with van der Waals surface area (Å²) in [5.41, 5.74) is 7.07. The third kappa shape index (κ3) is 2.96. The number of rotatable bonds is 3. The minimum Gasteiger partial charge on any atom is -0.495 e. The van der Waals surface area contributed by atoms with E-state index in [1.807, 2.05) is 13.0 Å². The second-order valence-electron chi connectivity index (χ2n) is 3.58. The molecule has 0 bridgehead atoms. The number of amides is 1. The van der Waals surface area contributed by atoms with Gasteiger partial charge >= 0.3 is 0 Å². The van der Waals surface area contributed by atoms with Gasteiger partial charge in [0.15, 0.2) is 0 Å². The van der Waals surface area contributed by atoms with Crippen molar-refractivity contribution in [1.29, 1.82) is 0 Å². The molecule has 16 heavy (non-hydrogen) atoms. The number of hydrogen-bond acceptors (Lipinski definition) is 3. The lowest BCUT2D eigenvalue weighted by Gasteiger charge is -2.14. The van der Waals surface area contributed by atoms with Crippen LogP contribution in [-0.4, -0.2) is 19.1 Å². The number of aryl methyl sites for hydroxylation is 1. The average molecular weight is 287 g/mol. The van der Waals surface area contributed by atoms with Gasteiger partial charge < -0.3 is 15.8 Å². The van der Waals surface area contributed by atoms with Gasteiger partial charge in [-0.15, -0.1) is 0 Å². The Hall–Kier alpha value is -1.07. The van der Waals surface area contributed by atoms with Crippen molar-refractivity contribution in [2.75, 3.05) is 12.4 Å². The Bertz CT molecular complexity index is 405. The summed E-state index contributed by atoms with van der Waals surface area (Å²) >= 11 is 3.37. The Morgan fingerprint density at radius 3 is 2.69 bits per heavy atom. The molecular weight excluding hydrogens is 272 g/mol. The van der Waals surface area contributed by atoms with E-state index in [0.717, 1.165) is 10.0 Å². The molecule has 1 aromatic carbocycles. The minimum atomic E-state index is -0.548. The molecule has 0 radical (unpaired) electrons. The van der Waals surface area contributed by atoms with Gasteiger partial charge in [-0.05, 0) is 31.5 Å². The third-order valence-corrected chi connectivity index (χ3v) is 2.60. The van der Waals surface area contributed by atoms with Gasteiger partial charge in [0.05, 0.1) is 18.8 Å². The zero-order valence-electron chi connectivity index (χ0n) is 9.50. The molecule has 3 N–H and O–H groups in total. The van der Waals surface area contributed by atoms with E-state index in [0.29, 0.717) is 11.4 Å². The normalized spacial score (nSPS) is 12.1. The maximum atomic E-state index is 11.5. The van der Waals surface area contributed by atoms with Gasteiger partial charge in [-0.3, -0.25) is 4.79 Å². The molecule has 0 unspecified atom stereocenters. The van der Waals surface area contributed by atoms with E-state index in [2.05, 4.69) is 21.2 Å². The van der Waals surface area contributed by atoms with Crippen LogP contribution in [0.3, 0.4) is 0 Å². The quantitative estimate of drug-likeness (QED) is 0.894. The first kappa shape index (κ1) is 13.0. The fourth-order valence-electron chi connectivity index (χ4n) is 1.27. The van der Waals surface area contributed by atoms with Crippen LogP contribution < -0.4 is 15.8 Å². The van der Waals surface area contributed by atoms with Crippen LogP contribution in [0.1, 0.15) is 12.5 Å². The van der Waals surface area contributed by atoms with E-state index >= 15 is 0 Å². The number of nitrogens with two attached hydrogens (primary N) is 1. The van der Waals surface area contributed by atoms with Crippen LogP contribution in [-0.2, 0) is 4.79 Å². The zero-order valence-corrected chi connectivity index (χ0v) is 11.1. The number of carbonyl (C=O) groups excluding carboxylic acids is 1. The second-order valence-corrected chi connectivity index (χ2v) is 4.49. The molecule has 0 spiro atoms. The van der Waals surface area contributed by atoms with Crippen molar-refractivity contribution >= 4 is 27.5 Å². The number of anilines is 1. The number of nitrogens with one attached hydrogen (secondary N) is 1. The van der Waals surface area contributed by atoms with E-state index in [1.165, 1.54) is 0 Å². The van der Waals surface area contributed by atoms with E-state index in [9.17, 15) is 4.79 Å². The number of benzene rings is 1. The summed E-state index contributed by atoms with van der Waals surface area (Å²) in [5.74, 6) is 0.379. The predicted octanol–water partition coefficient (Wildman–Crippen LogP) is 2.05. The Labute approximate surface area is 103 Å². The van der Waals surface area contributed by atoms with Crippen LogP contribution in [0.5, 0.6) is 5.75 Å². The van der Waals surface area contributed by atoms with Crippen molar-refractivity contribution in [3.8, 4) is 5.75 Å². The molecule has 88 valence electrons. The molecule has 0 fully saturated rings. The van der Waals surface area contributed by atoms with Crippen LogP contribution in [0.15, 0.2) is 16.6 Å². The highest BCUT2D eigenvalue weighted by Crippen LogP contribution is 2.32. The molecule has 0 heterocycles. The molecule has 1 aromatic rings. The summed E-state index contributed by atoms with van der Waals surface area (Å²) in [6, 6.07) is 3.15. The van der Waals surface area contributed by atoms with Crippen LogP contribution in [0.2, 0.25) is 0 Å². The first-order valence-corrected chi connectivity index (χ1v) is 5.65. The molecule has 0 saturated heterocycles. The predicted molar refractivity (Wildman–Crippen MR) is 67.7 cm³/mol. The van der Waals surface area contributed by atoms with E-state index < -0.39 is 6.04 Å². The molecular formula is C11H15BrN2O2. The molecule has 1 atom stereocenters. The number of halogens is 1. The molecule has 1 rings (SSSR count). The van der Waals surface area contributed by atoms with Gasteiger partial charge in [0, 0.05) is 4.47 Å². The summed E-state index contributed by atoms with van der Waals surface area (Å²) < 4.78 is 6.11. The van der Waals surface area contributed by atoms with Gasteiger partial charge in [-0.2, -0.15) is 0 Å². The lowest BCUT2D eigenvalue weighted by Crippen LogP contribution is -2.32. The first-order chi connectivity index (χ1) is 7.45. The standard InChI is InChI=1S/C11H15BrN2O2/c1-6-4-8(12)5-9(16-3)10(6)14-11(15)7(2)13/h4-5,7H,13H2,1-3H3,(H,14,15)/t7-/m1/s1. The Morgan fingerprint density at radius 2 is 2.19 bits per heavy atom. The lowest BCUT2D eigenvalue weighted by atomic mass is 10.1. The van der Waals surface area contributed by atoms with Crippen molar-refractivity contribution in [2.24, 2.45) is 5.73 Å². The molecule has 5 heteroatoms. The molecule has 4 nitrogen and oxygen atoms in total. The number of carbonyl (C=O) groups is 1. The zero-order chi connectivity index (χ0) is 12.3. The second kappa shape index (κ2) is 5.32. The topological polar surface area (TPSA) is 64.3 Å². The summed E-state index contributed by atoms with van der Waals surface area (Å²) in [5, 5.41) is 2.75. The van der Waals surface area contributed by atoms with Gasteiger partial charge in [0.25, 0.3) is 0 Å². The van der Waals surface area contributed by atoms with Gasteiger partial charge in [-0.25, -0.2) is 0 Å². The van der Waals surface area contributed by atoms with Crippen LogP contribution in [0.4, 0.5) is 5.69 Å². The maximum absolute atomic E-state index is 11.5. The Balaban J connectivity index is 3.07. The van der Waals surface area contributed by atoms with E-state index in [1.54, 1.807) is 20.1 Å². The van der Waals surface area contributed by atoms with Crippen LogP contribution >= 0.6 is 15.9 Å². The lowest BCUT2D eigenvalue weighted by molar-refractivity contribution is -0.117. The van der Waals surface area contributed by atoms with E-state index in [4.69, 9.17) is 10.5 Å². The highest BCUT2D eigenvalue weighted by molar-refractivity contribution is 9.10. The largest absolute Gasteiger partial charge is 0.495 e. The fraction of sp³-hybridized carbons (Fsp3) is 0.364. The Morgan fingerprint density at radius 1 is 1.56 bits per heavy atom. The molecule has 0 aliphatic heterocycles. The highest BCUT2D eigenvalue weighted by atomic mass is 79.9. The van der Waals surface area contributed by atoms with Crippen molar-refractivity contribution in [1.82, 2.24) is 0 Å². The fourth-order valence-corrected chi connectivity index (χ4v) is 1.82. The summed E-state index contributed by atoms with van der Waals surface area (Å²) in [7, 11) is 1.56. The van der Waals surface area contributed by atoms with E-state index in [-0.39, 0.29) is 5.91 Å². The smallest absolute Gasteiger partial charge is 0.241 e. The number of hydrogen-bond donors (Lipinski definition) is 2. The molecule has 0 saturated carbocycles.